The number of benzene rings is 2. The molecule has 2 aliphatic rings. The summed E-state index contributed by atoms with van der Waals surface area (Å²) in [5, 5.41) is 18.0. The molecule has 3 heterocycles. The lowest BCUT2D eigenvalue weighted by molar-refractivity contribution is -0.168. The molecule has 3 aromatic rings. The highest BCUT2D eigenvalue weighted by Crippen LogP contribution is 2.30. The zero-order valence-corrected chi connectivity index (χ0v) is 20.1. The van der Waals surface area contributed by atoms with Gasteiger partial charge in [0.1, 0.15) is 11.9 Å². The van der Waals surface area contributed by atoms with Crippen LogP contribution in [-0.4, -0.2) is 65.3 Å². The first-order valence-electron chi connectivity index (χ1n) is 12.2. The van der Waals surface area contributed by atoms with Gasteiger partial charge in [0.15, 0.2) is 5.78 Å². The molecule has 1 aromatic heterocycles. The summed E-state index contributed by atoms with van der Waals surface area (Å²) in [6.07, 6.45) is 4.28. The van der Waals surface area contributed by atoms with E-state index in [1.165, 1.54) is 7.05 Å². The maximum absolute atomic E-state index is 13.7. The number of ether oxygens (including phenoxy) is 1. The van der Waals surface area contributed by atoms with Gasteiger partial charge in [-0.15, -0.1) is 0 Å². The number of rotatable bonds is 6. The van der Waals surface area contributed by atoms with Crippen LogP contribution in [0.25, 0.3) is 16.5 Å². The van der Waals surface area contributed by atoms with Gasteiger partial charge in [0, 0.05) is 31.7 Å². The van der Waals surface area contributed by atoms with Crippen LogP contribution in [0.5, 0.6) is 5.75 Å². The number of nitrogens with one attached hydrogen (secondary N) is 2. The first kappa shape index (κ1) is 24.1. The quantitative estimate of drug-likeness (QED) is 0.364. The molecule has 2 aliphatic heterocycles. The minimum atomic E-state index is -0.757. The Balaban J connectivity index is 1.33. The molecule has 0 bridgehead atoms. The average Bonchev–Trinajstić information content (AvgIpc) is 2.93. The first-order valence-corrected chi connectivity index (χ1v) is 12.2. The maximum atomic E-state index is 13.7. The molecule has 0 radical (unpaired) electrons. The number of amides is 1. The number of nitrogens with zero attached hydrogens (tertiary/aromatic N) is 2. The SMILES string of the molecule is CN(O)C(=O)[C@H]1C[C@H](Oc2ccnc3ccccc23)CN[C@@H]1C(=O)C1CC(c2ccccc2)=CCN1. The number of hydrogen-bond acceptors (Lipinski definition) is 7. The predicted octanol–water partition coefficient (Wildman–Crippen LogP) is 2.82. The van der Waals surface area contributed by atoms with Crippen molar-refractivity contribution in [3.05, 3.63) is 78.5 Å². The van der Waals surface area contributed by atoms with Crippen LogP contribution in [0.15, 0.2) is 72.9 Å². The summed E-state index contributed by atoms with van der Waals surface area (Å²) in [6.45, 7) is 0.979. The number of carbonyl (C=O) groups excluding carboxylic acids is 2. The van der Waals surface area contributed by atoms with Crippen LogP contribution in [0.4, 0.5) is 0 Å². The van der Waals surface area contributed by atoms with Gasteiger partial charge >= 0.3 is 0 Å². The van der Waals surface area contributed by atoms with Gasteiger partial charge < -0.3 is 15.4 Å². The summed E-state index contributed by atoms with van der Waals surface area (Å²) < 4.78 is 6.29. The number of fused-ring (bicyclic) bond motifs is 1. The molecule has 36 heavy (non-hydrogen) atoms. The normalized spacial score (nSPS) is 24.1. The monoisotopic (exact) mass is 486 g/mol. The lowest BCUT2D eigenvalue weighted by Crippen LogP contribution is -2.60. The minimum Gasteiger partial charge on any atom is -0.488 e. The van der Waals surface area contributed by atoms with Gasteiger partial charge in [-0.2, -0.15) is 0 Å². The number of hydroxylamine groups is 2. The molecule has 186 valence electrons. The Morgan fingerprint density at radius 2 is 1.83 bits per heavy atom. The maximum Gasteiger partial charge on any atom is 0.250 e. The molecule has 0 saturated carbocycles. The van der Waals surface area contributed by atoms with Crippen molar-refractivity contribution in [3.63, 3.8) is 0 Å². The Morgan fingerprint density at radius 1 is 1.06 bits per heavy atom. The summed E-state index contributed by atoms with van der Waals surface area (Å²) in [4.78, 5) is 31.0. The van der Waals surface area contributed by atoms with Gasteiger partial charge in [0.2, 0.25) is 0 Å². The topological polar surface area (TPSA) is 104 Å². The summed E-state index contributed by atoms with van der Waals surface area (Å²) in [5.41, 5.74) is 3.02. The second-order valence-electron chi connectivity index (χ2n) is 9.32. The zero-order valence-electron chi connectivity index (χ0n) is 20.1. The Labute approximate surface area is 209 Å². The molecule has 1 amide bonds. The van der Waals surface area contributed by atoms with E-state index in [2.05, 4.69) is 21.7 Å². The van der Waals surface area contributed by atoms with E-state index in [0.29, 0.717) is 36.7 Å². The Hall–Kier alpha value is -3.59. The van der Waals surface area contributed by atoms with Gasteiger partial charge in [-0.25, -0.2) is 5.06 Å². The average molecular weight is 487 g/mol. The van der Waals surface area contributed by atoms with Crippen LogP contribution >= 0.6 is 0 Å². The molecule has 1 fully saturated rings. The van der Waals surface area contributed by atoms with Crippen LogP contribution in [-0.2, 0) is 9.59 Å². The number of Topliss-reactive ketones (excluding diaryl/α,β-unsaturated/α-hetero) is 1. The second kappa shape index (κ2) is 10.6. The number of para-hydroxylation sites is 1. The summed E-state index contributed by atoms with van der Waals surface area (Å²) in [5.74, 6) is -0.674. The third-order valence-electron chi connectivity index (χ3n) is 6.95. The van der Waals surface area contributed by atoms with Crippen LogP contribution in [0.3, 0.4) is 0 Å². The predicted molar refractivity (Wildman–Crippen MR) is 136 cm³/mol. The third-order valence-corrected chi connectivity index (χ3v) is 6.95. The van der Waals surface area contributed by atoms with E-state index in [0.717, 1.165) is 22.0 Å². The van der Waals surface area contributed by atoms with Crippen LogP contribution < -0.4 is 15.4 Å². The highest BCUT2D eigenvalue weighted by atomic mass is 16.5. The van der Waals surface area contributed by atoms with Crippen LogP contribution in [0.1, 0.15) is 18.4 Å². The van der Waals surface area contributed by atoms with Crippen molar-refractivity contribution in [2.45, 2.75) is 31.0 Å². The second-order valence-corrected chi connectivity index (χ2v) is 9.32. The van der Waals surface area contributed by atoms with Crippen molar-refractivity contribution in [2.24, 2.45) is 5.92 Å². The first-order chi connectivity index (χ1) is 17.5. The fourth-order valence-corrected chi connectivity index (χ4v) is 5.13. The molecule has 3 N–H and O–H groups in total. The fraction of sp³-hybridized carbons (Fsp3) is 0.321. The number of pyridine rings is 1. The van der Waals surface area contributed by atoms with Crippen molar-refractivity contribution in [1.82, 2.24) is 20.7 Å². The highest BCUT2D eigenvalue weighted by molar-refractivity contribution is 5.96. The Bertz CT molecular complexity index is 1270. The van der Waals surface area contributed by atoms with E-state index < -0.39 is 23.9 Å². The molecule has 5 rings (SSSR count). The number of carbonyl (C=O) groups is 2. The summed E-state index contributed by atoms with van der Waals surface area (Å²) in [7, 11) is 1.29. The highest BCUT2D eigenvalue weighted by Gasteiger charge is 2.43. The van der Waals surface area contributed by atoms with Crippen molar-refractivity contribution in [3.8, 4) is 5.75 Å². The van der Waals surface area contributed by atoms with Crippen LogP contribution in [0.2, 0.25) is 0 Å². The van der Waals surface area contributed by atoms with Gasteiger partial charge in [-0.3, -0.25) is 19.8 Å². The molecule has 2 aromatic carbocycles. The number of hydrogen-bond donors (Lipinski definition) is 3. The van der Waals surface area contributed by atoms with Crippen LogP contribution in [0, 0.1) is 5.92 Å². The Kier molecular flexibility index (Phi) is 7.09. The molecule has 1 saturated heterocycles. The van der Waals surface area contributed by atoms with Crippen molar-refractivity contribution in [1.29, 1.82) is 0 Å². The van der Waals surface area contributed by atoms with E-state index in [-0.39, 0.29) is 11.9 Å². The molecule has 8 heteroatoms. The van der Waals surface area contributed by atoms with Gasteiger partial charge in [-0.1, -0.05) is 48.5 Å². The fourth-order valence-electron chi connectivity index (χ4n) is 5.13. The lowest BCUT2D eigenvalue weighted by Gasteiger charge is -2.38. The van der Waals surface area contributed by atoms with Crippen molar-refractivity contribution < 1.29 is 19.5 Å². The van der Waals surface area contributed by atoms with E-state index in [1.54, 1.807) is 12.3 Å². The molecule has 4 atom stereocenters. The molecule has 1 unspecified atom stereocenters. The van der Waals surface area contributed by atoms with Crippen molar-refractivity contribution in [2.75, 3.05) is 20.1 Å². The standard InChI is InChI=1S/C28H30N4O4/c1-32(35)28(34)22-16-20(36-25-12-14-29-23-10-6-5-9-21(23)25)17-31-26(22)27(33)24-15-19(11-13-30-24)18-7-3-2-4-8-18/h2-12,14,20,22,24,26,30-31,35H,13,15-17H2,1H3/t20-,22-,24?,26-/m0/s1. The lowest BCUT2D eigenvalue weighted by atomic mass is 9.81. The van der Waals surface area contributed by atoms with Crippen molar-refractivity contribution >= 4 is 28.2 Å². The molecular formula is C28H30N4O4. The molecule has 8 nitrogen and oxygen atoms in total. The molecule has 0 spiro atoms. The zero-order chi connectivity index (χ0) is 25.1. The van der Waals surface area contributed by atoms with Gasteiger partial charge in [0.25, 0.3) is 5.91 Å². The minimum absolute atomic E-state index is 0.0791. The summed E-state index contributed by atoms with van der Waals surface area (Å²) >= 11 is 0. The number of ketones is 1. The number of aromatic nitrogens is 1. The van der Waals surface area contributed by atoms with Gasteiger partial charge in [0.05, 0.1) is 23.5 Å². The van der Waals surface area contributed by atoms with E-state index in [4.69, 9.17) is 4.74 Å². The smallest absolute Gasteiger partial charge is 0.250 e. The number of piperidine rings is 1. The molecule has 0 aliphatic carbocycles. The third kappa shape index (κ3) is 5.02. The largest absolute Gasteiger partial charge is 0.488 e. The summed E-state index contributed by atoms with van der Waals surface area (Å²) in [6, 6.07) is 18.4. The Morgan fingerprint density at radius 3 is 2.64 bits per heavy atom. The van der Waals surface area contributed by atoms with E-state index >= 15 is 0 Å². The van der Waals surface area contributed by atoms with E-state index in [9.17, 15) is 14.8 Å². The van der Waals surface area contributed by atoms with Gasteiger partial charge in [-0.05, 0) is 42.2 Å². The molecular weight excluding hydrogens is 456 g/mol. The van der Waals surface area contributed by atoms with E-state index in [1.807, 2.05) is 54.6 Å².